The number of nitriles is 1. The van der Waals surface area contributed by atoms with Crippen molar-refractivity contribution in [3.05, 3.63) is 29.6 Å². The molecule has 1 aliphatic rings. The van der Waals surface area contributed by atoms with Crippen LogP contribution >= 0.6 is 0 Å². The number of rotatable bonds is 2. The predicted octanol–water partition coefficient (Wildman–Crippen LogP) is 0.455. The minimum Gasteiger partial charge on any atom is -0.319 e. The van der Waals surface area contributed by atoms with Crippen LogP contribution in [0.5, 0.6) is 0 Å². The van der Waals surface area contributed by atoms with Gasteiger partial charge in [0.2, 0.25) is 0 Å². The smallest absolute Gasteiger partial charge is 0.319 e. The monoisotopic (exact) mass is 231 g/mol. The first-order chi connectivity index (χ1) is 8.20. The van der Waals surface area contributed by atoms with Crippen LogP contribution < -0.4 is 5.84 Å². The molecule has 17 heavy (non-hydrogen) atoms. The van der Waals surface area contributed by atoms with Crippen LogP contribution in [0.4, 0.5) is 4.79 Å². The van der Waals surface area contributed by atoms with Gasteiger partial charge in [0.05, 0.1) is 0 Å². The first kappa shape index (κ1) is 11.4. The van der Waals surface area contributed by atoms with Crippen LogP contribution in [0.25, 0.3) is 0 Å². The molecule has 0 aromatic carbocycles. The molecule has 0 radical (unpaired) electrons. The van der Waals surface area contributed by atoms with E-state index in [1.54, 1.807) is 23.2 Å². The molecule has 1 aromatic rings. The minimum atomic E-state index is -0.174. The van der Waals surface area contributed by atoms with E-state index >= 15 is 0 Å². The third-order valence-corrected chi connectivity index (χ3v) is 2.66. The Kier molecular flexibility index (Phi) is 3.21. The lowest BCUT2D eigenvalue weighted by atomic mass is 10.2. The summed E-state index contributed by atoms with van der Waals surface area (Å²) in [6.45, 7) is 1.75. The molecular formula is C11H13N5O. The number of hydrazine groups is 1. The van der Waals surface area contributed by atoms with Gasteiger partial charge in [-0.2, -0.15) is 5.26 Å². The Morgan fingerprint density at radius 2 is 2.35 bits per heavy atom. The molecule has 0 bridgehead atoms. The van der Waals surface area contributed by atoms with Crippen LogP contribution in [-0.4, -0.2) is 34.0 Å². The number of carbonyl (C=O) groups excluding carboxylic acids is 1. The summed E-state index contributed by atoms with van der Waals surface area (Å²) in [5.41, 5.74) is 1.25. The standard InChI is InChI=1S/C11H13N5O/c12-7-10-6-9(2-3-14-10)8-15-4-1-5-16(13)11(15)17/h2-3,6H,1,4-5,8,13H2. The van der Waals surface area contributed by atoms with Crippen LogP contribution in [-0.2, 0) is 6.54 Å². The van der Waals surface area contributed by atoms with Crippen molar-refractivity contribution in [2.24, 2.45) is 5.84 Å². The van der Waals surface area contributed by atoms with E-state index in [9.17, 15) is 4.79 Å². The maximum absolute atomic E-state index is 11.7. The zero-order valence-corrected chi connectivity index (χ0v) is 9.33. The second-order valence-electron chi connectivity index (χ2n) is 3.91. The summed E-state index contributed by atoms with van der Waals surface area (Å²) >= 11 is 0. The third kappa shape index (κ3) is 2.52. The van der Waals surface area contributed by atoms with E-state index in [2.05, 4.69) is 4.98 Å². The molecule has 6 nitrogen and oxygen atoms in total. The third-order valence-electron chi connectivity index (χ3n) is 2.66. The van der Waals surface area contributed by atoms with Crippen LogP contribution in [0.15, 0.2) is 18.3 Å². The normalized spacial score (nSPS) is 15.9. The van der Waals surface area contributed by atoms with Crippen LogP contribution in [0.1, 0.15) is 17.7 Å². The van der Waals surface area contributed by atoms with Gasteiger partial charge in [-0.15, -0.1) is 0 Å². The Bertz CT molecular complexity index is 467. The fourth-order valence-corrected chi connectivity index (χ4v) is 1.81. The Morgan fingerprint density at radius 3 is 3.12 bits per heavy atom. The number of urea groups is 1. The van der Waals surface area contributed by atoms with Gasteiger partial charge < -0.3 is 4.90 Å². The summed E-state index contributed by atoms with van der Waals surface area (Å²) < 4.78 is 0. The average molecular weight is 231 g/mol. The van der Waals surface area contributed by atoms with Gasteiger partial charge in [0.25, 0.3) is 0 Å². The van der Waals surface area contributed by atoms with E-state index in [0.29, 0.717) is 25.3 Å². The lowest BCUT2D eigenvalue weighted by Gasteiger charge is -2.32. The lowest BCUT2D eigenvalue weighted by Crippen LogP contribution is -2.52. The fourth-order valence-electron chi connectivity index (χ4n) is 1.81. The van der Waals surface area contributed by atoms with E-state index in [1.165, 1.54) is 5.01 Å². The van der Waals surface area contributed by atoms with E-state index < -0.39 is 0 Å². The van der Waals surface area contributed by atoms with Gasteiger partial charge in [-0.1, -0.05) is 0 Å². The largest absolute Gasteiger partial charge is 0.334 e. The highest BCUT2D eigenvalue weighted by atomic mass is 16.2. The molecule has 0 unspecified atom stereocenters. The van der Waals surface area contributed by atoms with Crippen LogP contribution in [0.2, 0.25) is 0 Å². The molecule has 1 aliphatic heterocycles. The van der Waals surface area contributed by atoms with E-state index in [1.807, 2.05) is 6.07 Å². The Hall–Kier alpha value is -2.13. The highest BCUT2D eigenvalue weighted by Gasteiger charge is 2.23. The summed E-state index contributed by atoms with van der Waals surface area (Å²) in [6, 6.07) is 5.28. The molecule has 1 fully saturated rings. The molecule has 2 rings (SSSR count). The average Bonchev–Trinajstić information content (AvgIpc) is 2.35. The molecule has 0 atom stereocenters. The number of nitrogens with zero attached hydrogens (tertiary/aromatic N) is 4. The quantitative estimate of drug-likeness (QED) is 0.591. The van der Waals surface area contributed by atoms with Gasteiger partial charge in [-0.3, -0.25) is 5.01 Å². The number of pyridine rings is 1. The number of amides is 2. The number of nitrogens with two attached hydrogens (primary N) is 1. The van der Waals surface area contributed by atoms with Crippen molar-refractivity contribution in [2.75, 3.05) is 13.1 Å². The molecule has 1 aromatic heterocycles. The molecule has 88 valence electrons. The van der Waals surface area contributed by atoms with Crippen LogP contribution in [0.3, 0.4) is 0 Å². The summed E-state index contributed by atoms with van der Waals surface area (Å²) in [5.74, 6) is 5.56. The Morgan fingerprint density at radius 1 is 1.53 bits per heavy atom. The van der Waals surface area contributed by atoms with E-state index in [4.69, 9.17) is 11.1 Å². The van der Waals surface area contributed by atoms with Crippen molar-refractivity contribution >= 4 is 6.03 Å². The van der Waals surface area contributed by atoms with Crippen molar-refractivity contribution in [3.8, 4) is 6.07 Å². The van der Waals surface area contributed by atoms with Gasteiger partial charge in [-0.25, -0.2) is 15.6 Å². The number of aromatic nitrogens is 1. The zero-order valence-electron chi connectivity index (χ0n) is 9.33. The Labute approximate surface area is 99.2 Å². The summed E-state index contributed by atoms with van der Waals surface area (Å²) in [5, 5.41) is 9.96. The molecule has 0 aliphatic carbocycles. The molecular weight excluding hydrogens is 218 g/mol. The van der Waals surface area contributed by atoms with Crippen LogP contribution in [0, 0.1) is 11.3 Å². The molecule has 0 saturated carbocycles. The maximum atomic E-state index is 11.7. The molecule has 6 heteroatoms. The van der Waals surface area contributed by atoms with Crippen molar-refractivity contribution in [2.45, 2.75) is 13.0 Å². The molecule has 2 N–H and O–H groups in total. The van der Waals surface area contributed by atoms with Gasteiger partial charge >= 0.3 is 6.03 Å². The van der Waals surface area contributed by atoms with Crippen molar-refractivity contribution in [1.29, 1.82) is 5.26 Å². The molecule has 2 heterocycles. The van der Waals surface area contributed by atoms with Crippen molar-refractivity contribution < 1.29 is 4.79 Å². The number of carbonyl (C=O) groups is 1. The predicted molar refractivity (Wildman–Crippen MR) is 60.3 cm³/mol. The highest BCUT2D eigenvalue weighted by Crippen LogP contribution is 2.11. The Balaban J connectivity index is 2.10. The maximum Gasteiger partial charge on any atom is 0.334 e. The first-order valence-corrected chi connectivity index (χ1v) is 5.37. The highest BCUT2D eigenvalue weighted by molar-refractivity contribution is 5.74. The topological polar surface area (TPSA) is 86.3 Å². The minimum absolute atomic E-state index is 0.174. The summed E-state index contributed by atoms with van der Waals surface area (Å²) in [6.07, 6.45) is 2.43. The van der Waals surface area contributed by atoms with E-state index in [-0.39, 0.29) is 6.03 Å². The number of hydrogen-bond donors (Lipinski definition) is 1. The van der Waals surface area contributed by atoms with Crippen molar-refractivity contribution in [1.82, 2.24) is 14.9 Å². The second kappa shape index (κ2) is 4.80. The van der Waals surface area contributed by atoms with Gasteiger partial charge in [0.15, 0.2) is 0 Å². The summed E-state index contributed by atoms with van der Waals surface area (Å²) in [4.78, 5) is 17.3. The van der Waals surface area contributed by atoms with Gasteiger partial charge in [0.1, 0.15) is 11.8 Å². The molecule has 2 amide bonds. The van der Waals surface area contributed by atoms with Crippen molar-refractivity contribution in [3.63, 3.8) is 0 Å². The summed E-state index contributed by atoms with van der Waals surface area (Å²) in [7, 11) is 0. The van der Waals surface area contributed by atoms with Gasteiger partial charge in [0, 0.05) is 25.8 Å². The lowest BCUT2D eigenvalue weighted by molar-refractivity contribution is 0.127. The number of hydrogen-bond acceptors (Lipinski definition) is 4. The second-order valence-corrected chi connectivity index (χ2v) is 3.91. The first-order valence-electron chi connectivity index (χ1n) is 5.37. The SMILES string of the molecule is N#Cc1cc(CN2CCCN(N)C2=O)ccn1. The van der Waals surface area contributed by atoms with Gasteiger partial charge in [-0.05, 0) is 24.1 Å². The zero-order chi connectivity index (χ0) is 12.3. The molecule has 0 spiro atoms. The van der Waals surface area contributed by atoms with E-state index in [0.717, 1.165) is 12.0 Å². The fraction of sp³-hybridized carbons (Fsp3) is 0.364. The molecule has 1 saturated heterocycles.